The molecule has 1 aromatic rings. The van der Waals surface area contributed by atoms with Crippen molar-refractivity contribution in [3.05, 3.63) is 29.8 Å². The van der Waals surface area contributed by atoms with E-state index in [1.807, 2.05) is 13.1 Å². The van der Waals surface area contributed by atoms with Crippen molar-refractivity contribution in [3.63, 3.8) is 0 Å². The second-order valence-electron chi connectivity index (χ2n) is 4.39. The Hall–Kier alpha value is -2.12. The Bertz CT molecular complexity index is 476. The van der Waals surface area contributed by atoms with Gasteiger partial charge < -0.3 is 26.2 Å². The number of carbonyl (C=O) groups excluding carboxylic acids is 1. The topological polar surface area (TPSA) is 111 Å². The third-order valence-electron chi connectivity index (χ3n) is 2.60. The minimum absolute atomic E-state index is 0.546. The van der Waals surface area contributed by atoms with E-state index in [9.17, 15) is 14.7 Å². The summed E-state index contributed by atoms with van der Waals surface area (Å²) in [6, 6.07) is 5.11. The summed E-state index contributed by atoms with van der Waals surface area (Å²) in [6.07, 6.45) is -1.19. The van der Waals surface area contributed by atoms with Gasteiger partial charge in [0.25, 0.3) is 0 Å². The fourth-order valence-corrected chi connectivity index (χ4v) is 1.66. The molecule has 1 aromatic carbocycles. The standard InChI is InChI=1S/C13H19N3O4/c1-8(17)11(12(18)19)16-13(20)15-10-5-3-4-9(6-10)7-14-2/h3-6,8,11,14,17H,7H2,1-2H3,(H,18,19)(H2,15,16,20)/t8-,11+/m1/s1. The normalized spacial score (nSPS) is 13.3. The maximum Gasteiger partial charge on any atom is 0.328 e. The molecular formula is C13H19N3O4. The minimum Gasteiger partial charge on any atom is -0.480 e. The van der Waals surface area contributed by atoms with Crippen molar-refractivity contribution in [2.45, 2.75) is 25.6 Å². The van der Waals surface area contributed by atoms with E-state index in [4.69, 9.17) is 5.11 Å². The Morgan fingerprint density at radius 1 is 1.35 bits per heavy atom. The van der Waals surface area contributed by atoms with E-state index in [1.54, 1.807) is 18.2 Å². The van der Waals surface area contributed by atoms with Gasteiger partial charge in [0.15, 0.2) is 6.04 Å². The fourth-order valence-electron chi connectivity index (χ4n) is 1.66. The third kappa shape index (κ3) is 4.87. The summed E-state index contributed by atoms with van der Waals surface area (Å²) < 4.78 is 0. The highest BCUT2D eigenvalue weighted by Crippen LogP contribution is 2.10. The van der Waals surface area contributed by atoms with E-state index in [-0.39, 0.29) is 0 Å². The summed E-state index contributed by atoms with van der Waals surface area (Å²) in [5, 5.41) is 25.9. The molecule has 7 heteroatoms. The summed E-state index contributed by atoms with van der Waals surface area (Å²) >= 11 is 0. The Balaban J connectivity index is 2.66. The molecule has 5 N–H and O–H groups in total. The summed E-state index contributed by atoms with van der Waals surface area (Å²) in [6.45, 7) is 1.95. The zero-order valence-corrected chi connectivity index (χ0v) is 11.4. The van der Waals surface area contributed by atoms with Crippen LogP contribution in [0.3, 0.4) is 0 Å². The summed E-state index contributed by atoms with van der Waals surface area (Å²) in [7, 11) is 1.81. The number of carbonyl (C=O) groups is 2. The van der Waals surface area contributed by atoms with E-state index >= 15 is 0 Å². The lowest BCUT2D eigenvalue weighted by atomic mass is 10.2. The van der Waals surface area contributed by atoms with Gasteiger partial charge in [-0.1, -0.05) is 12.1 Å². The number of urea groups is 1. The molecule has 0 unspecified atom stereocenters. The van der Waals surface area contributed by atoms with Crippen LogP contribution in [0.2, 0.25) is 0 Å². The molecule has 2 atom stereocenters. The first kappa shape index (κ1) is 15.9. The Morgan fingerprint density at radius 3 is 2.60 bits per heavy atom. The lowest BCUT2D eigenvalue weighted by Crippen LogP contribution is -2.49. The summed E-state index contributed by atoms with van der Waals surface area (Å²) in [5.41, 5.74) is 1.53. The number of aliphatic hydroxyl groups excluding tert-OH is 1. The van der Waals surface area contributed by atoms with Crippen LogP contribution < -0.4 is 16.0 Å². The van der Waals surface area contributed by atoms with Gasteiger partial charge in [0, 0.05) is 12.2 Å². The smallest absolute Gasteiger partial charge is 0.328 e. The maximum absolute atomic E-state index is 11.7. The zero-order valence-electron chi connectivity index (χ0n) is 11.4. The van der Waals surface area contributed by atoms with Crippen LogP contribution in [0.15, 0.2) is 24.3 Å². The van der Waals surface area contributed by atoms with Gasteiger partial charge in [-0.05, 0) is 31.7 Å². The van der Waals surface area contributed by atoms with Crippen LogP contribution >= 0.6 is 0 Å². The number of benzene rings is 1. The van der Waals surface area contributed by atoms with Crippen LogP contribution in [-0.4, -0.2) is 41.4 Å². The largest absolute Gasteiger partial charge is 0.480 e. The number of carboxylic acid groups (broad SMARTS) is 1. The van der Waals surface area contributed by atoms with Crippen molar-refractivity contribution in [1.82, 2.24) is 10.6 Å². The highest BCUT2D eigenvalue weighted by atomic mass is 16.4. The zero-order chi connectivity index (χ0) is 15.1. The molecular weight excluding hydrogens is 262 g/mol. The van der Waals surface area contributed by atoms with E-state index in [1.165, 1.54) is 6.92 Å². The van der Waals surface area contributed by atoms with Crippen LogP contribution in [0.25, 0.3) is 0 Å². The number of amides is 2. The molecule has 7 nitrogen and oxygen atoms in total. The van der Waals surface area contributed by atoms with Gasteiger partial charge in [0.1, 0.15) is 0 Å². The van der Waals surface area contributed by atoms with Crippen molar-refractivity contribution < 1.29 is 19.8 Å². The second-order valence-corrected chi connectivity index (χ2v) is 4.39. The molecule has 0 bridgehead atoms. The predicted octanol–water partition coefficient (Wildman–Crippen LogP) is 0.361. The summed E-state index contributed by atoms with van der Waals surface area (Å²) in [5.74, 6) is -1.29. The number of aliphatic carboxylic acids is 1. The van der Waals surface area contributed by atoms with Crippen LogP contribution in [0.4, 0.5) is 10.5 Å². The number of carboxylic acids is 1. The molecule has 0 aliphatic carbocycles. The Labute approximate surface area is 117 Å². The van der Waals surface area contributed by atoms with Gasteiger partial charge >= 0.3 is 12.0 Å². The first-order valence-electron chi connectivity index (χ1n) is 6.16. The van der Waals surface area contributed by atoms with Crippen LogP contribution in [0.5, 0.6) is 0 Å². The van der Waals surface area contributed by atoms with Gasteiger partial charge in [0.2, 0.25) is 0 Å². The molecule has 0 aromatic heterocycles. The average Bonchev–Trinajstić information content (AvgIpc) is 2.36. The molecule has 20 heavy (non-hydrogen) atoms. The quantitative estimate of drug-likeness (QED) is 0.517. The van der Waals surface area contributed by atoms with E-state index < -0.39 is 24.1 Å². The van der Waals surface area contributed by atoms with Crippen molar-refractivity contribution in [1.29, 1.82) is 0 Å². The van der Waals surface area contributed by atoms with Crippen molar-refractivity contribution in [2.24, 2.45) is 0 Å². The molecule has 110 valence electrons. The molecule has 0 aliphatic rings. The lowest BCUT2D eigenvalue weighted by molar-refractivity contribution is -0.141. The van der Waals surface area contributed by atoms with Crippen molar-refractivity contribution in [2.75, 3.05) is 12.4 Å². The highest BCUT2D eigenvalue weighted by Gasteiger charge is 2.24. The van der Waals surface area contributed by atoms with E-state index in [0.29, 0.717) is 12.2 Å². The number of hydrogen-bond acceptors (Lipinski definition) is 4. The molecule has 2 amide bonds. The van der Waals surface area contributed by atoms with Gasteiger partial charge in [-0.15, -0.1) is 0 Å². The molecule has 1 rings (SSSR count). The van der Waals surface area contributed by atoms with Gasteiger partial charge in [0.05, 0.1) is 6.10 Å². The van der Waals surface area contributed by atoms with Gasteiger partial charge in [-0.3, -0.25) is 0 Å². The first-order chi connectivity index (χ1) is 9.43. The highest BCUT2D eigenvalue weighted by molar-refractivity contribution is 5.92. The van der Waals surface area contributed by atoms with Crippen LogP contribution in [0, 0.1) is 0 Å². The fraction of sp³-hybridized carbons (Fsp3) is 0.385. The number of anilines is 1. The molecule has 0 spiro atoms. The average molecular weight is 281 g/mol. The lowest BCUT2D eigenvalue weighted by Gasteiger charge is -2.17. The maximum atomic E-state index is 11.7. The number of aliphatic hydroxyl groups is 1. The molecule has 0 radical (unpaired) electrons. The predicted molar refractivity (Wildman–Crippen MR) is 74.5 cm³/mol. The molecule has 0 saturated heterocycles. The molecule has 0 heterocycles. The number of hydrogen-bond donors (Lipinski definition) is 5. The van der Waals surface area contributed by atoms with Crippen LogP contribution in [-0.2, 0) is 11.3 Å². The number of nitrogens with one attached hydrogen (secondary N) is 3. The van der Waals surface area contributed by atoms with Crippen molar-refractivity contribution >= 4 is 17.7 Å². The SMILES string of the molecule is CNCc1cccc(NC(=O)N[C@H](C(=O)O)[C@@H](C)O)c1. The first-order valence-corrected chi connectivity index (χ1v) is 6.16. The molecule has 0 fully saturated rings. The Kier molecular flexibility index (Phi) is 5.95. The Morgan fingerprint density at radius 2 is 2.05 bits per heavy atom. The molecule has 0 aliphatic heterocycles. The monoisotopic (exact) mass is 281 g/mol. The van der Waals surface area contributed by atoms with Gasteiger partial charge in [-0.25, -0.2) is 9.59 Å². The second kappa shape index (κ2) is 7.46. The third-order valence-corrected chi connectivity index (χ3v) is 2.60. The molecule has 0 saturated carbocycles. The van der Waals surface area contributed by atoms with Gasteiger partial charge in [-0.2, -0.15) is 0 Å². The number of rotatable bonds is 6. The summed E-state index contributed by atoms with van der Waals surface area (Å²) in [4.78, 5) is 22.5. The van der Waals surface area contributed by atoms with E-state index in [0.717, 1.165) is 5.56 Å². The minimum atomic E-state index is -1.35. The van der Waals surface area contributed by atoms with Crippen molar-refractivity contribution in [3.8, 4) is 0 Å². The van der Waals surface area contributed by atoms with E-state index in [2.05, 4.69) is 16.0 Å². The van der Waals surface area contributed by atoms with Crippen LogP contribution in [0.1, 0.15) is 12.5 Å².